The zero-order chi connectivity index (χ0) is 20.7. The van der Waals surface area contributed by atoms with E-state index in [2.05, 4.69) is 10.5 Å². The Morgan fingerprint density at radius 3 is 2.14 bits per heavy atom. The van der Waals surface area contributed by atoms with Gasteiger partial charge >= 0.3 is 0 Å². The molecule has 0 aliphatic heterocycles. The van der Waals surface area contributed by atoms with Gasteiger partial charge in [0.1, 0.15) is 6.54 Å². The number of carbonyl (C=O) groups excluding carboxylic acids is 1. The Morgan fingerprint density at radius 2 is 1.52 bits per heavy atom. The molecular formula is C22H21N3O3S. The molecular weight excluding hydrogens is 386 g/mol. The third kappa shape index (κ3) is 5.30. The summed E-state index contributed by atoms with van der Waals surface area (Å²) in [5.74, 6) is -0.545. The number of para-hydroxylation sites is 1. The van der Waals surface area contributed by atoms with Crippen molar-refractivity contribution >= 4 is 27.8 Å². The van der Waals surface area contributed by atoms with E-state index in [-0.39, 0.29) is 4.90 Å². The SMILES string of the molecule is Cc1ccc(/C=N/NC(=O)CN(c2ccccc2)S(=O)(=O)c2ccccc2)cc1. The first kappa shape index (κ1) is 20.3. The molecule has 3 aromatic rings. The largest absolute Gasteiger partial charge is 0.271 e. The number of sulfonamides is 1. The summed E-state index contributed by atoms with van der Waals surface area (Å²) in [6.45, 7) is 1.58. The molecule has 0 fully saturated rings. The minimum absolute atomic E-state index is 0.111. The summed E-state index contributed by atoms with van der Waals surface area (Å²) in [4.78, 5) is 12.5. The van der Waals surface area contributed by atoms with Crippen LogP contribution in [0.25, 0.3) is 0 Å². The first-order chi connectivity index (χ1) is 14.0. The molecule has 0 aromatic heterocycles. The highest BCUT2D eigenvalue weighted by Gasteiger charge is 2.26. The number of nitrogens with one attached hydrogen (secondary N) is 1. The monoisotopic (exact) mass is 407 g/mol. The van der Waals surface area contributed by atoms with E-state index < -0.39 is 22.5 Å². The van der Waals surface area contributed by atoms with E-state index in [0.717, 1.165) is 15.4 Å². The molecule has 6 nitrogen and oxygen atoms in total. The van der Waals surface area contributed by atoms with Gasteiger partial charge in [0.15, 0.2) is 0 Å². The van der Waals surface area contributed by atoms with Crippen LogP contribution in [-0.4, -0.2) is 27.1 Å². The maximum absolute atomic E-state index is 13.1. The number of anilines is 1. The summed E-state index contributed by atoms with van der Waals surface area (Å²) in [5.41, 5.74) is 4.74. The molecule has 0 aliphatic rings. The van der Waals surface area contributed by atoms with Gasteiger partial charge in [-0.25, -0.2) is 13.8 Å². The first-order valence-corrected chi connectivity index (χ1v) is 10.4. The minimum Gasteiger partial charge on any atom is -0.271 e. The molecule has 1 N–H and O–H groups in total. The van der Waals surface area contributed by atoms with Crippen molar-refractivity contribution in [1.82, 2.24) is 5.43 Å². The highest BCUT2D eigenvalue weighted by atomic mass is 32.2. The van der Waals surface area contributed by atoms with Crippen LogP contribution >= 0.6 is 0 Å². The molecule has 0 atom stereocenters. The lowest BCUT2D eigenvalue weighted by atomic mass is 10.2. The van der Waals surface area contributed by atoms with Crippen LogP contribution in [0.15, 0.2) is 94.9 Å². The second-order valence-corrected chi connectivity index (χ2v) is 8.23. The molecule has 0 radical (unpaired) electrons. The fourth-order valence-corrected chi connectivity index (χ4v) is 4.07. The van der Waals surface area contributed by atoms with Crippen molar-refractivity contribution in [3.63, 3.8) is 0 Å². The van der Waals surface area contributed by atoms with E-state index in [1.54, 1.807) is 48.5 Å². The highest BCUT2D eigenvalue weighted by molar-refractivity contribution is 7.92. The average molecular weight is 407 g/mol. The van der Waals surface area contributed by atoms with Crippen molar-refractivity contribution in [3.05, 3.63) is 96.1 Å². The van der Waals surface area contributed by atoms with Crippen molar-refractivity contribution in [3.8, 4) is 0 Å². The quantitative estimate of drug-likeness (QED) is 0.482. The lowest BCUT2D eigenvalue weighted by Gasteiger charge is -2.23. The standard InChI is InChI=1S/C22H21N3O3S/c1-18-12-14-19(15-13-18)16-23-24-22(26)17-25(20-8-4-2-5-9-20)29(27,28)21-10-6-3-7-11-21/h2-16H,17H2,1H3,(H,24,26)/b23-16+. The van der Waals surface area contributed by atoms with Crippen LogP contribution in [0.5, 0.6) is 0 Å². The molecule has 148 valence electrons. The summed E-state index contributed by atoms with van der Waals surface area (Å²) in [6.07, 6.45) is 1.51. The molecule has 0 saturated heterocycles. The van der Waals surface area contributed by atoms with Crippen LogP contribution in [0, 0.1) is 6.92 Å². The number of amides is 1. The second-order valence-electron chi connectivity index (χ2n) is 6.36. The molecule has 0 bridgehead atoms. The van der Waals surface area contributed by atoms with Gasteiger partial charge in [-0.3, -0.25) is 9.10 Å². The predicted molar refractivity (Wildman–Crippen MR) is 114 cm³/mol. The third-order valence-corrected chi connectivity index (χ3v) is 5.93. The average Bonchev–Trinajstić information content (AvgIpc) is 2.74. The fourth-order valence-electron chi connectivity index (χ4n) is 2.63. The number of carbonyl (C=O) groups is 1. The van der Waals surface area contributed by atoms with Gasteiger partial charge in [0, 0.05) is 0 Å². The van der Waals surface area contributed by atoms with E-state index in [4.69, 9.17) is 0 Å². The van der Waals surface area contributed by atoms with Crippen molar-refractivity contribution < 1.29 is 13.2 Å². The van der Waals surface area contributed by atoms with Crippen LogP contribution < -0.4 is 9.73 Å². The van der Waals surface area contributed by atoms with Crippen LogP contribution in [0.1, 0.15) is 11.1 Å². The van der Waals surface area contributed by atoms with E-state index in [9.17, 15) is 13.2 Å². The Balaban J connectivity index is 1.78. The number of aryl methyl sites for hydroxylation is 1. The van der Waals surface area contributed by atoms with Gasteiger partial charge in [0.25, 0.3) is 15.9 Å². The highest BCUT2D eigenvalue weighted by Crippen LogP contribution is 2.23. The zero-order valence-electron chi connectivity index (χ0n) is 15.9. The van der Waals surface area contributed by atoms with Crippen molar-refractivity contribution in [2.45, 2.75) is 11.8 Å². The predicted octanol–water partition coefficient (Wildman–Crippen LogP) is 3.34. The Morgan fingerprint density at radius 1 is 0.931 bits per heavy atom. The lowest BCUT2D eigenvalue weighted by molar-refractivity contribution is -0.119. The van der Waals surface area contributed by atoms with E-state index >= 15 is 0 Å². The summed E-state index contributed by atoms with van der Waals surface area (Å²) >= 11 is 0. The minimum atomic E-state index is -3.91. The van der Waals surface area contributed by atoms with Crippen LogP contribution in [-0.2, 0) is 14.8 Å². The van der Waals surface area contributed by atoms with Gasteiger partial charge in [0.2, 0.25) is 0 Å². The van der Waals surface area contributed by atoms with E-state index in [1.165, 1.54) is 18.3 Å². The Labute approximate surface area is 170 Å². The summed E-state index contributed by atoms with van der Waals surface area (Å²) < 4.78 is 27.3. The second kappa shape index (κ2) is 9.16. The molecule has 3 aromatic carbocycles. The maximum Gasteiger partial charge on any atom is 0.264 e. The van der Waals surface area contributed by atoms with E-state index in [1.807, 2.05) is 31.2 Å². The molecule has 1 amide bonds. The molecule has 7 heteroatoms. The lowest BCUT2D eigenvalue weighted by Crippen LogP contribution is -2.39. The first-order valence-electron chi connectivity index (χ1n) is 8.98. The van der Waals surface area contributed by atoms with Gasteiger partial charge in [-0.05, 0) is 36.8 Å². The number of rotatable bonds is 7. The van der Waals surface area contributed by atoms with Gasteiger partial charge in [-0.1, -0.05) is 66.2 Å². The maximum atomic E-state index is 13.1. The van der Waals surface area contributed by atoms with Crippen molar-refractivity contribution in [2.75, 3.05) is 10.8 Å². The van der Waals surface area contributed by atoms with Gasteiger partial charge in [-0.2, -0.15) is 5.10 Å². The summed E-state index contributed by atoms with van der Waals surface area (Å²) in [5, 5.41) is 3.93. The number of hydrazone groups is 1. The molecule has 0 aliphatic carbocycles. The molecule has 3 rings (SSSR count). The molecule has 0 saturated carbocycles. The molecule has 0 spiro atoms. The number of benzene rings is 3. The topological polar surface area (TPSA) is 78.8 Å². The summed E-state index contributed by atoms with van der Waals surface area (Å²) in [6, 6.07) is 24.1. The van der Waals surface area contributed by atoms with Crippen molar-refractivity contribution in [2.24, 2.45) is 5.10 Å². The molecule has 0 heterocycles. The Kier molecular flexibility index (Phi) is 6.41. The number of hydrogen-bond acceptors (Lipinski definition) is 4. The molecule has 29 heavy (non-hydrogen) atoms. The zero-order valence-corrected chi connectivity index (χ0v) is 16.7. The summed E-state index contributed by atoms with van der Waals surface area (Å²) in [7, 11) is -3.91. The molecule has 0 unspecified atom stereocenters. The van der Waals surface area contributed by atoms with E-state index in [0.29, 0.717) is 5.69 Å². The number of hydrogen-bond donors (Lipinski definition) is 1. The Bertz CT molecular complexity index is 1080. The van der Waals surface area contributed by atoms with Gasteiger partial charge < -0.3 is 0 Å². The smallest absolute Gasteiger partial charge is 0.264 e. The van der Waals surface area contributed by atoms with Gasteiger partial charge in [0.05, 0.1) is 16.8 Å². The third-order valence-electron chi connectivity index (χ3n) is 4.14. The van der Waals surface area contributed by atoms with Crippen LogP contribution in [0.2, 0.25) is 0 Å². The van der Waals surface area contributed by atoms with Gasteiger partial charge in [-0.15, -0.1) is 0 Å². The number of nitrogens with zero attached hydrogens (tertiary/aromatic N) is 2. The fraction of sp³-hybridized carbons (Fsp3) is 0.0909. The van der Waals surface area contributed by atoms with Crippen LogP contribution in [0.4, 0.5) is 5.69 Å². The Hall–Kier alpha value is -3.45. The normalized spacial score (nSPS) is 11.3. The van der Waals surface area contributed by atoms with Crippen LogP contribution in [0.3, 0.4) is 0 Å². The van der Waals surface area contributed by atoms with Crippen molar-refractivity contribution in [1.29, 1.82) is 0 Å².